The van der Waals surface area contributed by atoms with E-state index in [-0.39, 0.29) is 17.7 Å². The van der Waals surface area contributed by atoms with Gasteiger partial charge < -0.3 is 16.2 Å². The van der Waals surface area contributed by atoms with Crippen LogP contribution < -0.4 is 17.0 Å². The van der Waals surface area contributed by atoms with Crippen molar-refractivity contribution in [1.29, 1.82) is 0 Å². The molecule has 0 aliphatic rings. The number of aromatic nitrogens is 4. The molecule has 2 heterocycles. The van der Waals surface area contributed by atoms with Gasteiger partial charge in [0.2, 0.25) is 0 Å². The second-order valence-electron chi connectivity index (χ2n) is 2.86. The third kappa shape index (κ3) is 1.35. The molecule has 0 amide bonds. The zero-order chi connectivity index (χ0) is 10.3. The molecule has 0 radical (unpaired) electrons. The lowest BCUT2D eigenvalue weighted by Gasteiger charge is -2.03. The topological polar surface area (TPSA) is 130 Å². The molecule has 2 rings (SSSR count). The molecule has 0 saturated heterocycles. The molecule has 0 bridgehead atoms. The van der Waals surface area contributed by atoms with Crippen molar-refractivity contribution in [2.75, 3.05) is 0 Å². The molecule has 0 fully saturated rings. The van der Waals surface area contributed by atoms with Crippen LogP contribution in [0.4, 0.5) is 0 Å². The fourth-order valence-corrected chi connectivity index (χ4v) is 1.35. The lowest BCUT2D eigenvalue weighted by molar-refractivity contribution is 0.621. The summed E-state index contributed by atoms with van der Waals surface area (Å²) in [5, 5.41) is 0. The molecule has 8 nitrogen and oxygen atoms in total. The van der Waals surface area contributed by atoms with E-state index in [9.17, 15) is 9.59 Å². The van der Waals surface area contributed by atoms with Crippen LogP contribution in [0.5, 0.6) is 0 Å². The number of hydrogen-bond donors (Lipinski definition) is 2. The Hall–Kier alpha value is -1.93. The minimum absolute atomic E-state index is 0. The number of rotatable bonds is 1. The number of nitrogens with two attached hydrogens (primary N) is 1. The Kier molecular flexibility index (Phi) is 2.73. The molecular weight excluding hydrogens is 202 g/mol. The molecular formula is C7H11N5O3. The van der Waals surface area contributed by atoms with Gasteiger partial charge in [-0.05, 0) is 0 Å². The molecule has 8 heteroatoms. The first kappa shape index (κ1) is 11.1. The molecule has 0 aliphatic carbocycles. The highest BCUT2D eigenvalue weighted by molar-refractivity contribution is 5.68. The number of aromatic amines is 1. The number of imidazole rings is 1. The van der Waals surface area contributed by atoms with E-state index < -0.39 is 11.2 Å². The van der Waals surface area contributed by atoms with Gasteiger partial charge in [-0.15, -0.1) is 0 Å². The molecule has 0 spiro atoms. The molecule has 0 saturated carbocycles. The quantitative estimate of drug-likeness (QED) is 0.542. The number of nitrogens with one attached hydrogen (secondary N) is 1. The summed E-state index contributed by atoms with van der Waals surface area (Å²) in [5.41, 5.74) is 5.02. The van der Waals surface area contributed by atoms with Crippen molar-refractivity contribution >= 4 is 11.2 Å². The summed E-state index contributed by atoms with van der Waals surface area (Å²) in [6.07, 6.45) is 1.37. The van der Waals surface area contributed by atoms with Crippen molar-refractivity contribution in [3.63, 3.8) is 0 Å². The highest BCUT2D eigenvalue weighted by atomic mass is 16.2. The molecule has 5 N–H and O–H groups in total. The smallest absolute Gasteiger partial charge is 0.333 e. The van der Waals surface area contributed by atoms with Crippen molar-refractivity contribution in [3.8, 4) is 0 Å². The number of nitrogens with zero attached hydrogens (tertiary/aromatic N) is 3. The highest BCUT2D eigenvalue weighted by Crippen LogP contribution is 1.97. The number of aryl methyl sites for hydroxylation is 1. The van der Waals surface area contributed by atoms with Gasteiger partial charge in [-0.3, -0.25) is 9.36 Å². The van der Waals surface area contributed by atoms with E-state index in [0.717, 1.165) is 4.57 Å². The van der Waals surface area contributed by atoms with E-state index in [1.165, 1.54) is 17.9 Å². The maximum Gasteiger partial charge on any atom is 0.333 e. The minimum Gasteiger partial charge on any atom is -0.412 e. The normalized spacial score (nSPS) is 10.3. The molecule has 0 aliphatic heterocycles. The second-order valence-corrected chi connectivity index (χ2v) is 2.86. The van der Waals surface area contributed by atoms with E-state index in [0.29, 0.717) is 5.65 Å². The van der Waals surface area contributed by atoms with Crippen molar-refractivity contribution in [2.24, 2.45) is 12.8 Å². The average Bonchev–Trinajstić information content (AvgIpc) is 2.64. The number of fused-ring (bicyclic) bond motifs is 1. The van der Waals surface area contributed by atoms with Crippen LogP contribution in [0.2, 0.25) is 0 Å². The van der Waals surface area contributed by atoms with Crippen molar-refractivity contribution in [1.82, 2.24) is 19.1 Å². The maximum atomic E-state index is 11.6. The van der Waals surface area contributed by atoms with E-state index in [4.69, 9.17) is 5.73 Å². The molecule has 82 valence electrons. The van der Waals surface area contributed by atoms with E-state index in [2.05, 4.69) is 9.97 Å². The van der Waals surface area contributed by atoms with E-state index >= 15 is 0 Å². The van der Waals surface area contributed by atoms with Crippen LogP contribution in [0.25, 0.3) is 11.2 Å². The predicted octanol–water partition coefficient (Wildman–Crippen LogP) is -2.49. The average molecular weight is 213 g/mol. The maximum absolute atomic E-state index is 11.6. The first-order valence-corrected chi connectivity index (χ1v) is 3.99. The monoisotopic (exact) mass is 213 g/mol. The second kappa shape index (κ2) is 3.67. The minimum atomic E-state index is -0.461. The largest absolute Gasteiger partial charge is 0.412 e. The fourth-order valence-electron chi connectivity index (χ4n) is 1.35. The standard InChI is InChI=1S/C7H9N5O2.H2O/c1-11-5-4(9-3-10-5)6(13)12(2-8)7(11)14;/h3H,2,8H2,1H3,(H,9,10);1H2. The zero-order valence-electron chi connectivity index (χ0n) is 8.02. The molecule has 15 heavy (non-hydrogen) atoms. The third-order valence-electron chi connectivity index (χ3n) is 2.10. The number of hydrogen-bond acceptors (Lipinski definition) is 4. The Morgan fingerprint density at radius 1 is 1.53 bits per heavy atom. The summed E-state index contributed by atoms with van der Waals surface area (Å²) < 4.78 is 2.22. The van der Waals surface area contributed by atoms with Crippen molar-refractivity contribution in [2.45, 2.75) is 6.67 Å². The first-order valence-electron chi connectivity index (χ1n) is 3.99. The number of H-pyrrole nitrogens is 1. The van der Waals surface area contributed by atoms with Crippen LogP contribution in [0.1, 0.15) is 0 Å². The van der Waals surface area contributed by atoms with Crippen molar-refractivity contribution in [3.05, 3.63) is 27.2 Å². The van der Waals surface area contributed by atoms with Gasteiger partial charge in [0.1, 0.15) is 5.52 Å². The van der Waals surface area contributed by atoms with Crippen LogP contribution in [-0.4, -0.2) is 24.6 Å². The molecule has 0 atom stereocenters. The van der Waals surface area contributed by atoms with Crippen molar-refractivity contribution < 1.29 is 5.48 Å². The van der Waals surface area contributed by atoms with Crippen LogP contribution in [0.3, 0.4) is 0 Å². The fraction of sp³-hybridized carbons (Fsp3) is 0.286. The summed E-state index contributed by atoms with van der Waals surface area (Å²) in [6, 6.07) is 0. The molecule has 0 aromatic carbocycles. The Balaban J connectivity index is 0.00000112. The zero-order valence-corrected chi connectivity index (χ0v) is 8.02. The van der Waals surface area contributed by atoms with Gasteiger partial charge in [0.25, 0.3) is 5.56 Å². The van der Waals surface area contributed by atoms with E-state index in [1.807, 2.05) is 0 Å². The van der Waals surface area contributed by atoms with Gasteiger partial charge in [-0.25, -0.2) is 14.3 Å². The Morgan fingerprint density at radius 3 is 2.80 bits per heavy atom. The Bertz CT molecular complexity index is 593. The molecule has 0 unspecified atom stereocenters. The predicted molar refractivity (Wildman–Crippen MR) is 53.4 cm³/mol. The summed E-state index contributed by atoms with van der Waals surface area (Å²) in [4.78, 5) is 29.7. The summed E-state index contributed by atoms with van der Waals surface area (Å²) in [5.74, 6) is 0. The van der Waals surface area contributed by atoms with Gasteiger partial charge in [-0.1, -0.05) is 0 Å². The van der Waals surface area contributed by atoms with Gasteiger partial charge in [-0.2, -0.15) is 0 Å². The highest BCUT2D eigenvalue weighted by Gasteiger charge is 2.10. The SMILES string of the molecule is Cn1c(=O)n(CN)c(=O)c2[nH]cnc21.O. The van der Waals surface area contributed by atoms with Gasteiger partial charge in [0, 0.05) is 7.05 Å². The molecule has 2 aromatic heterocycles. The van der Waals surface area contributed by atoms with Gasteiger partial charge in [0.15, 0.2) is 5.65 Å². The molecule has 2 aromatic rings. The Morgan fingerprint density at radius 2 is 2.20 bits per heavy atom. The van der Waals surface area contributed by atoms with Gasteiger partial charge in [0.05, 0.1) is 13.0 Å². The van der Waals surface area contributed by atoms with E-state index in [1.54, 1.807) is 0 Å². The lowest BCUT2D eigenvalue weighted by Crippen LogP contribution is -2.41. The lowest BCUT2D eigenvalue weighted by atomic mass is 10.5. The summed E-state index contributed by atoms with van der Waals surface area (Å²) in [7, 11) is 1.54. The first-order chi connectivity index (χ1) is 6.66. The van der Waals surface area contributed by atoms with Gasteiger partial charge >= 0.3 is 5.69 Å². The van der Waals surface area contributed by atoms with Crippen LogP contribution >= 0.6 is 0 Å². The van der Waals surface area contributed by atoms with Crippen LogP contribution in [-0.2, 0) is 13.7 Å². The third-order valence-corrected chi connectivity index (χ3v) is 2.10. The summed E-state index contributed by atoms with van der Waals surface area (Å²) >= 11 is 0. The van der Waals surface area contributed by atoms with Crippen LogP contribution in [0, 0.1) is 0 Å². The van der Waals surface area contributed by atoms with Crippen LogP contribution in [0.15, 0.2) is 15.9 Å². The summed E-state index contributed by atoms with van der Waals surface area (Å²) in [6.45, 7) is -0.138. The Labute approximate surface area is 83.3 Å².